The van der Waals surface area contributed by atoms with E-state index in [0.717, 1.165) is 32.4 Å². The lowest BCUT2D eigenvalue weighted by molar-refractivity contribution is -0.384. The number of hydrogen-bond donors (Lipinski definition) is 2. The number of nitrogens with one attached hydrogen (secondary N) is 2. The standard InChI is InChI=1S/C22H24N6O6/c1-32-19-11-15-17(12-20(19)33-2)23-13-24-21(15)34-14-6-7-16(18(10-14)28(30)31)25-22(29)26-27-8-4-3-5-9-27/h6-7,10-13H,3-5,8-9H2,1-2H3,(H2,25,26,29). The number of ether oxygens (including phenoxy) is 3. The number of nitrogens with zero attached hydrogens (tertiary/aromatic N) is 4. The number of aromatic nitrogens is 2. The number of piperidine rings is 1. The number of amides is 2. The van der Waals surface area contributed by atoms with Gasteiger partial charge in [-0.2, -0.15) is 0 Å². The second-order valence-corrected chi connectivity index (χ2v) is 7.55. The number of nitro groups is 1. The molecule has 0 spiro atoms. The van der Waals surface area contributed by atoms with E-state index in [1.165, 1.54) is 38.7 Å². The Labute approximate surface area is 195 Å². The first kappa shape index (κ1) is 23.0. The third kappa shape index (κ3) is 5.07. The molecule has 178 valence electrons. The molecule has 0 radical (unpaired) electrons. The number of benzene rings is 2. The fourth-order valence-electron chi connectivity index (χ4n) is 3.68. The highest BCUT2D eigenvalue weighted by atomic mass is 16.6. The lowest BCUT2D eigenvalue weighted by Crippen LogP contribution is -2.46. The molecule has 4 rings (SSSR count). The summed E-state index contributed by atoms with van der Waals surface area (Å²) in [5, 5.41) is 16.5. The third-order valence-electron chi connectivity index (χ3n) is 5.35. The van der Waals surface area contributed by atoms with Crippen molar-refractivity contribution in [3.63, 3.8) is 0 Å². The summed E-state index contributed by atoms with van der Waals surface area (Å²) < 4.78 is 16.5. The summed E-state index contributed by atoms with van der Waals surface area (Å²) in [7, 11) is 3.02. The number of hydrazine groups is 1. The van der Waals surface area contributed by atoms with Crippen molar-refractivity contribution in [2.24, 2.45) is 0 Å². The molecule has 2 aromatic carbocycles. The molecule has 3 aromatic rings. The molecular formula is C22H24N6O6. The summed E-state index contributed by atoms with van der Waals surface area (Å²) in [5.74, 6) is 1.31. The molecule has 2 amide bonds. The normalized spacial score (nSPS) is 13.8. The van der Waals surface area contributed by atoms with Gasteiger partial charge in [0.1, 0.15) is 17.8 Å². The van der Waals surface area contributed by atoms with E-state index >= 15 is 0 Å². The Kier molecular flexibility index (Phi) is 6.87. The van der Waals surface area contributed by atoms with Gasteiger partial charge < -0.3 is 19.5 Å². The Morgan fingerprint density at radius 1 is 1.06 bits per heavy atom. The summed E-state index contributed by atoms with van der Waals surface area (Å²) in [6.07, 6.45) is 4.42. The number of hydrogen-bond acceptors (Lipinski definition) is 9. The number of carbonyl (C=O) groups excluding carboxylic acids is 1. The van der Waals surface area contributed by atoms with Crippen LogP contribution in [-0.2, 0) is 0 Å². The Bertz CT molecular complexity index is 1210. The van der Waals surface area contributed by atoms with Crippen LogP contribution in [0.15, 0.2) is 36.7 Å². The quantitative estimate of drug-likeness (QED) is 0.390. The number of anilines is 1. The van der Waals surface area contributed by atoms with Crippen molar-refractivity contribution < 1.29 is 23.9 Å². The zero-order valence-corrected chi connectivity index (χ0v) is 18.7. The summed E-state index contributed by atoms with van der Waals surface area (Å²) >= 11 is 0. The van der Waals surface area contributed by atoms with E-state index < -0.39 is 11.0 Å². The topological polar surface area (TPSA) is 141 Å². The zero-order valence-electron chi connectivity index (χ0n) is 18.7. The average molecular weight is 468 g/mol. The molecule has 0 aliphatic carbocycles. The predicted octanol–water partition coefficient (Wildman–Crippen LogP) is 3.87. The van der Waals surface area contributed by atoms with Crippen molar-refractivity contribution in [3.8, 4) is 23.1 Å². The predicted molar refractivity (Wildman–Crippen MR) is 123 cm³/mol. The minimum absolute atomic E-state index is 0.0470. The molecule has 1 aliphatic rings. The van der Waals surface area contributed by atoms with Gasteiger partial charge in [0.2, 0.25) is 5.88 Å². The van der Waals surface area contributed by atoms with Crippen LogP contribution in [0.2, 0.25) is 0 Å². The molecule has 34 heavy (non-hydrogen) atoms. The van der Waals surface area contributed by atoms with Crippen LogP contribution in [0.5, 0.6) is 23.1 Å². The van der Waals surface area contributed by atoms with Crippen LogP contribution in [0, 0.1) is 10.1 Å². The summed E-state index contributed by atoms with van der Waals surface area (Å²) in [6, 6.07) is 6.96. The van der Waals surface area contributed by atoms with Crippen LogP contribution in [0.4, 0.5) is 16.2 Å². The van der Waals surface area contributed by atoms with Gasteiger partial charge in [0.15, 0.2) is 11.5 Å². The molecule has 1 saturated heterocycles. The van der Waals surface area contributed by atoms with Gasteiger partial charge in [-0.25, -0.2) is 19.8 Å². The van der Waals surface area contributed by atoms with E-state index in [1.54, 1.807) is 17.1 Å². The maximum atomic E-state index is 12.3. The van der Waals surface area contributed by atoms with Gasteiger partial charge >= 0.3 is 6.03 Å². The Hall–Kier alpha value is -4.19. The van der Waals surface area contributed by atoms with Gasteiger partial charge in [0.25, 0.3) is 5.69 Å². The highest BCUT2D eigenvalue weighted by Crippen LogP contribution is 2.37. The summed E-state index contributed by atoms with van der Waals surface area (Å²) in [6.45, 7) is 1.48. The van der Waals surface area contributed by atoms with Gasteiger partial charge in [-0.1, -0.05) is 6.42 Å². The first-order valence-electron chi connectivity index (χ1n) is 10.6. The van der Waals surface area contributed by atoms with Gasteiger partial charge in [-0.3, -0.25) is 15.5 Å². The van der Waals surface area contributed by atoms with E-state index in [2.05, 4.69) is 20.7 Å². The Balaban J connectivity index is 1.57. The monoisotopic (exact) mass is 468 g/mol. The van der Waals surface area contributed by atoms with Crippen molar-refractivity contribution in [1.82, 2.24) is 20.4 Å². The second kappa shape index (κ2) is 10.2. The van der Waals surface area contributed by atoms with Crippen molar-refractivity contribution in [1.29, 1.82) is 0 Å². The fraction of sp³-hybridized carbons (Fsp3) is 0.318. The molecule has 0 saturated carbocycles. The minimum Gasteiger partial charge on any atom is -0.493 e. The first-order chi connectivity index (χ1) is 16.5. The van der Waals surface area contributed by atoms with E-state index in [4.69, 9.17) is 14.2 Å². The lowest BCUT2D eigenvalue weighted by Gasteiger charge is -2.26. The number of urea groups is 1. The molecule has 1 aliphatic heterocycles. The fourth-order valence-corrected chi connectivity index (χ4v) is 3.68. The van der Waals surface area contributed by atoms with Crippen LogP contribution >= 0.6 is 0 Å². The lowest BCUT2D eigenvalue weighted by atomic mass is 10.2. The van der Waals surface area contributed by atoms with Crippen LogP contribution in [0.1, 0.15) is 19.3 Å². The minimum atomic E-state index is -0.588. The van der Waals surface area contributed by atoms with Crippen molar-refractivity contribution in [2.75, 3.05) is 32.6 Å². The van der Waals surface area contributed by atoms with Crippen molar-refractivity contribution in [3.05, 3.63) is 46.8 Å². The van der Waals surface area contributed by atoms with E-state index in [9.17, 15) is 14.9 Å². The van der Waals surface area contributed by atoms with Gasteiger partial charge in [0, 0.05) is 19.2 Å². The first-order valence-corrected chi connectivity index (χ1v) is 10.6. The molecule has 12 heteroatoms. The van der Waals surface area contributed by atoms with Gasteiger partial charge in [-0.15, -0.1) is 0 Å². The number of carbonyl (C=O) groups is 1. The SMILES string of the molecule is COc1cc2ncnc(Oc3ccc(NC(=O)NN4CCCCC4)c([N+](=O)[O-])c3)c2cc1OC. The maximum absolute atomic E-state index is 12.3. The number of fused-ring (bicyclic) bond motifs is 1. The van der Waals surface area contributed by atoms with Crippen LogP contribution in [-0.4, -0.2) is 53.2 Å². The van der Waals surface area contributed by atoms with E-state index in [1.807, 2.05) is 0 Å². The van der Waals surface area contributed by atoms with Gasteiger partial charge in [-0.05, 0) is 31.0 Å². The van der Waals surface area contributed by atoms with Crippen molar-refractivity contribution in [2.45, 2.75) is 19.3 Å². The van der Waals surface area contributed by atoms with E-state index in [-0.39, 0.29) is 23.0 Å². The third-order valence-corrected chi connectivity index (χ3v) is 5.35. The molecule has 1 aromatic heterocycles. The summed E-state index contributed by atoms with van der Waals surface area (Å²) in [5.41, 5.74) is 3.00. The van der Waals surface area contributed by atoms with Gasteiger partial charge in [0.05, 0.1) is 36.1 Å². The average Bonchev–Trinajstić information content (AvgIpc) is 2.84. The molecule has 0 atom stereocenters. The molecule has 12 nitrogen and oxygen atoms in total. The number of nitro benzene ring substituents is 1. The maximum Gasteiger partial charge on any atom is 0.333 e. The Morgan fingerprint density at radius 2 is 1.79 bits per heavy atom. The largest absolute Gasteiger partial charge is 0.493 e. The highest BCUT2D eigenvalue weighted by molar-refractivity contribution is 5.92. The second-order valence-electron chi connectivity index (χ2n) is 7.55. The molecule has 0 unspecified atom stereocenters. The molecule has 0 bridgehead atoms. The Morgan fingerprint density at radius 3 is 2.50 bits per heavy atom. The molecular weight excluding hydrogens is 444 g/mol. The van der Waals surface area contributed by atoms with Crippen molar-refractivity contribution >= 4 is 28.3 Å². The van der Waals surface area contributed by atoms with E-state index in [0.29, 0.717) is 22.4 Å². The number of rotatable bonds is 7. The highest BCUT2D eigenvalue weighted by Gasteiger charge is 2.20. The molecule has 2 N–H and O–H groups in total. The summed E-state index contributed by atoms with van der Waals surface area (Å²) in [4.78, 5) is 31.8. The van der Waals surface area contributed by atoms with Crippen LogP contribution in [0.25, 0.3) is 10.9 Å². The zero-order chi connectivity index (χ0) is 24.1. The molecule has 1 fully saturated rings. The number of methoxy groups -OCH3 is 2. The van der Waals surface area contributed by atoms with Crippen LogP contribution < -0.4 is 25.0 Å². The van der Waals surface area contributed by atoms with Crippen LogP contribution in [0.3, 0.4) is 0 Å². The smallest absolute Gasteiger partial charge is 0.333 e. The molecule has 2 heterocycles.